The van der Waals surface area contributed by atoms with E-state index in [1.54, 1.807) is 13.2 Å². The first-order valence-corrected chi connectivity index (χ1v) is 7.66. The number of H-pyrrole nitrogens is 1. The summed E-state index contributed by atoms with van der Waals surface area (Å²) in [4.78, 5) is 28.0. The molecule has 1 heterocycles. The van der Waals surface area contributed by atoms with Crippen LogP contribution in [0.25, 0.3) is 0 Å². The van der Waals surface area contributed by atoms with Gasteiger partial charge in [-0.25, -0.2) is 4.79 Å². The van der Waals surface area contributed by atoms with Crippen LogP contribution < -0.4 is 27.2 Å². The predicted molar refractivity (Wildman–Crippen MR) is 96.0 cm³/mol. The summed E-state index contributed by atoms with van der Waals surface area (Å²) in [6, 6.07) is 0. The Kier molecular flexibility index (Phi) is 7.49. The molecule has 9 heteroatoms. The van der Waals surface area contributed by atoms with Crippen molar-refractivity contribution >= 4 is 28.8 Å². The van der Waals surface area contributed by atoms with Crippen LogP contribution in [0, 0.1) is 0 Å². The van der Waals surface area contributed by atoms with E-state index in [0.29, 0.717) is 37.8 Å². The lowest BCUT2D eigenvalue weighted by molar-refractivity contribution is 0.207. The zero-order valence-electron chi connectivity index (χ0n) is 13.4. The molecule has 1 aromatic rings. The molecule has 0 unspecified atom stereocenters. The van der Waals surface area contributed by atoms with E-state index in [1.807, 2.05) is 6.92 Å². The lowest BCUT2D eigenvalue weighted by atomic mass is 10.3. The Labute approximate surface area is 139 Å². The van der Waals surface area contributed by atoms with Gasteiger partial charge in [0.25, 0.3) is 5.56 Å². The number of nitrogens with zero attached hydrogens (tertiary/aromatic N) is 2. The number of hydrogen-bond donors (Lipinski definition) is 3. The maximum Gasteiger partial charge on any atom is 0.330 e. The number of hydrogen-bond acceptors (Lipinski definition) is 5. The molecule has 0 radical (unpaired) electrons. The van der Waals surface area contributed by atoms with Crippen LogP contribution in [0.15, 0.2) is 22.2 Å². The Morgan fingerprint density at radius 3 is 2.83 bits per heavy atom. The number of rotatable bonds is 8. The van der Waals surface area contributed by atoms with E-state index in [-0.39, 0.29) is 11.5 Å². The minimum absolute atomic E-state index is 0.0828. The number of aromatic amines is 1. The van der Waals surface area contributed by atoms with E-state index in [2.05, 4.69) is 16.9 Å². The number of nitrogens with one attached hydrogen (secondary N) is 2. The molecule has 23 heavy (non-hydrogen) atoms. The zero-order valence-corrected chi connectivity index (χ0v) is 14.2. The Balaban J connectivity index is 3.36. The van der Waals surface area contributed by atoms with Crippen molar-refractivity contribution in [3.05, 3.63) is 33.5 Å². The molecular weight excluding hydrogens is 318 g/mol. The highest BCUT2D eigenvalue weighted by Crippen LogP contribution is 2.17. The highest BCUT2D eigenvalue weighted by atomic mass is 32.1. The van der Waals surface area contributed by atoms with Crippen molar-refractivity contribution in [2.45, 2.75) is 19.9 Å². The van der Waals surface area contributed by atoms with Crippen LogP contribution in [0.1, 0.15) is 13.3 Å². The van der Waals surface area contributed by atoms with Crippen LogP contribution in [0.2, 0.25) is 0 Å². The quantitative estimate of drug-likeness (QED) is 0.453. The zero-order chi connectivity index (χ0) is 17.4. The van der Waals surface area contributed by atoms with E-state index >= 15 is 0 Å². The van der Waals surface area contributed by atoms with Gasteiger partial charge >= 0.3 is 5.69 Å². The summed E-state index contributed by atoms with van der Waals surface area (Å²) in [5, 5.41) is 3.25. The van der Waals surface area contributed by atoms with E-state index in [0.717, 1.165) is 0 Å². The molecule has 128 valence electrons. The summed E-state index contributed by atoms with van der Waals surface area (Å²) in [6.45, 7) is 7.01. The lowest BCUT2D eigenvalue weighted by Gasteiger charge is -2.26. The van der Waals surface area contributed by atoms with Gasteiger partial charge < -0.3 is 20.7 Å². The summed E-state index contributed by atoms with van der Waals surface area (Å²) in [5.74, 6) is 0.0828. The third kappa shape index (κ3) is 4.67. The smallest absolute Gasteiger partial charge is 0.330 e. The van der Waals surface area contributed by atoms with Gasteiger partial charge in [-0.3, -0.25) is 14.3 Å². The van der Waals surface area contributed by atoms with Crippen molar-refractivity contribution in [1.82, 2.24) is 14.9 Å². The molecule has 0 fully saturated rings. The summed E-state index contributed by atoms with van der Waals surface area (Å²) in [5.41, 5.74) is 5.08. The third-order valence-electron chi connectivity index (χ3n) is 3.09. The van der Waals surface area contributed by atoms with Crippen molar-refractivity contribution in [3.8, 4) is 0 Å². The second-order valence-corrected chi connectivity index (χ2v) is 5.15. The van der Waals surface area contributed by atoms with Crippen molar-refractivity contribution in [1.29, 1.82) is 0 Å². The standard InChI is InChI=1S/C14H23N5O3S/c1-4-6-16-14(23)18(8-9-22-3)10-11(15)19(7-5-2)13(21)17-12(10)20/h4H,1,5-9,15H2,2-3H3,(H,16,23)(H,17,20,21). The minimum Gasteiger partial charge on any atom is -0.383 e. The minimum atomic E-state index is -0.585. The number of nitrogen functional groups attached to an aromatic ring is 1. The van der Waals surface area contributed by atoms with E-state index in [1.165, 1.54) is 9.47 Å². The molecule has 0 spiro atoms. The fraction of sp³-hybridized carbons (Fsp3) is 0.500. The molecule has 1 rings (SSSR count). The lowest BCUT2D eigenvalue weighted by Crippen LogP contribution is -2.46. The Bertz CT molecular complexity index is 667. The highest BCUT2D eigenvalue weighted by molar-refractivity contribution is 7.80. The van der Waals surface area contributed by atoms with Gasteiger partial charge in [-0.15, -0.1) is 6.58 Å². The maximum absolute atomic E-state index is 12.3. The van der Waals surface area contributed by atoms with Crippen molar-refractivity contribution in [3.63, 3.8) is 0 Å². The van der Waals surface area contributed by atoms with Crippen LogP contribution in [-0.4, -0.2) is 41.5 Å². The molecule has 0 bridgehead atoms. The van der Waals surface area contributed by atoms with E-state index in [9.17, 15) is 9.59 Å². The monoisotopic (exact) mass is 341 g/mol. The van der Waals surface area contributed by atoms with Gasteiger partial charge in [-0.2, -0.15) is 0 Å². The predicted octanol–water partition coefficient (Wildman–Crippen LogP) is 0.0421. The van der Waals surface area contributed by atoms with Crippen LogP contribution >= 0.6 is 12.2 Å². The fourth-order valence-electron chi connectivity index (χ4n) is 2.04. The Morgan fingerprint density at radius 1 is 1.57 bits per heavy atom. The van der Waals surface area contributed by atoms with E-state index < -0.39 is 11.2 Å². The average Bonchev–Trinajstić information content (AvgIpc) is 2.52. The molecule has 0 aliphatic carbocycles. The summed E-state index contributed by atoms with van der Waals surface area (Å²) in [7, 11) is 1.55. The first kappa shape index (κ1) is 18.9. The van der Waals surface area contributed by atoms with Crippen molar-refractivity contribution in [2.24, 2.45) is 0 Å². The number of anilines is 2. The summed E-state index contributed by atoms with van der Waals surface area (Å²) < 4.78 is 6.38. The van der Waals surface area contributed by atoms with Crippen LogP contribution in [-0.2, 0) is 11.3 Å². The number of ether oxygens (including phenoxy) is 1. The first-order chi connectivity index (χ1) is 11.0. The van der Waals surface area contributed by atoms with Gasteiger partial charge in [0.2, 0.25) is 0 Å². The second-order valence-electron chi connectivity index (χ2n) is 4.76. The maximum atomic E-state index is 12.3. The van der Waals surface area contributed by atoms with Gasteiger partial charge in [0.05, 0.1) is 6.61 Å². The fourth-order valence-corrected chi connectivity index (χ4v) is 2.30. The summed E-state index contributed by atoms with van der Waals surface area (Å²) >= 11 is 5.31. The molecule has 8 nitrogen and oxygen atoms in total. The topological polar surface area (TPSA) is 105 Å². The third-order valence-corrected chi connectivity index (χ3v) is 3.46. The molecule has 0 amide bonds. The SMILES string of the molecule is C=CCNC(=S)N(CCOC)c1c(N)n(CCC)c(=O)[nH]c1=O. The number of thiocarbonyl (C=S) groups is 1. The van der Waals surface area contributed by atoms with Gasteiger partial charge in [0.15, 0.2) is 10.8 Å². The molecule has 0 aliphatic rings. The number of methoxy groups -OCH3 is 1. The first-order valence-electron chi connectivity index (χ1n) is 7.25. The van der Waals surface area contributed by atoms with E-state index in [4.69, 9.17) is 22.7 Å². The van der Waals surface area contributed by atoms with Crippen molar-refractivity contribution in [2.75, 3.05) is 37.4 Å². The molecule has 0 aromatic carbocycles. The molecule has 0 saturated heterocycles. The van der Waals surface area contributed by atoms with Crippen LogP contribution in [0.3, 0.4) is 0 Å². The Hall–Kier alpha value is -2.13. The molecule has 4 N–H and O–H groups in total. The molecule has 0 atom stereocenters. The molecule has 0 aliphatic heterocycles. The van der Waals surface area contributed by atoms with Crippen LogP contribution in [0.4, 0.5) is 11.5 Å². The normalized spacial score (nSPS) is 10.3. The Morgan fingerprint density at radius 2 is 2.26 bits per heavy atom. The number of nitrogens with two attached hydrogens (primary N) is 1. The van der Waals surface area contributed by atoms with Gasteiger partial charge in [-0.1, -0.05) is 13.0 Å². The average molecular weight is 341 g/mol. The van der Waals surface area contributed by atoms with Crippen molar-refractivity contribution < 1.29 is 4.74 Å². The molecule has 1 aromatic heterocycles. The van der Waals surface area contributed by atoms with Gasteiger partial charge in [-0.05, 0) is 18.6 Å². The van der Waals surface area contributed by atoms with Gasteiger partial charge in [0, 0.05) is 26.7 Å². The van der Waals surface area contributed by atoms with Crippen LogP contribution in [0.5, 0.6) is 0 Å². The number of aromatic nitrogens is 2. The molecular formula is C14H23N5O3S. The highest BCUT2D eigenvalue weighted by Gasteiger charge is 2.21. The second kappa shape index (κ2) is 9.11. The van der Waals surface area contributed by atoms with Gasteiger partial charge in [0.1, 0.15) is 5.82 Å². The summed E-state index contributed by atoms with van der Waals surface area (Å²) in [6.07, 6.45) is 2.35. The molecule has 0 saturated carbocycles. The largest absolute Gasteiger partial charge is 0.383 e.